The van der Waals surface area contributed by atoms with Crippen molar-refractivity contribution >= 4 is 17.5 Å². The average Bonchev–Trinajstić information content (AvgIpc) is 2.13. The van der Waals surface area contributed by atoms with Crippen LogP contribution in [0.2, 0.25) is 0 Å². The Hall–Kier alpha value is -1.45. The number of Topliss-reactive ketones (excluding diaryl/α,β-unsaturated/α-hetero) is 1. The summed E-state index contributed by atoms with van der Waals surface area (Å²) in [7, 11) is 1.20. The van der Waals surface area contributed by atoms with Crippen LogP contribution < -0.4 is 0 Å². The monoisotopic (exact) mass is 184 g/mol. The molecule has 0 aliphatic carbocycles. The molecule has 13 heavy (non-hydrogen) atoms. The van der Waals surface area contributed by atoms with Gasteiger partial charge in [0.1, 0.15) is 0 Å². The molecule has 4 nitrogen and oxygen atoms in total. The van der Waals surface area contributed by atoms with Gasteiger partial charge in [-0.25, -0.2) is 4.79 Å². The molecule has 0 N–H and O–H groups in total. The molecule has 0 aliphatic heterocycles. The molecule has 0 rings (SSSR count). The van der Waals surface area contributed by atoms with E-state index in [2.05, 4.69) is 4.74 Å². The Balaban J connectivity index is 4.07. The van der Waals surface area contributed by atoms with E-state index in [-0.39, 0.29) is 6.42 Å². The standard InChI is InChI=1S/C9H12O4/c1-3-4-7(10)8(11)5-6-9(12)13-2/h5-6H,3-4H2,1-2H3/b6-5+. The third kappa shape index (κ3) is 4.90. The molecule has 0 unspecified atom stereocenters. The minimum Gasteiger partial charge on any atom is -0.466 e. The van der Waals surface area contributed by atoms with E-state index in [0.29, 0.717) is 6.42 Å². The zero-order valence-corrected chi connectivity index (χ0v) is 7.70. The van der Waals surface area contributed by atoms with Gasteiger partial charge in [0, 0.05) is 12.5 Å². The summed E-state index contributed by atoms with van der Waals surface area (Å²) >= 11 is 0. The van der Waals surface area contributed by atoms with Crippen LogP contribution in [0.3, 0.4) is 0 Å². The van der Waals surface area contributed by atoms with E-state index in [1.807, 2.05) is 0 Å². The Labute approximate surface area is 76.6 Å². The Morgan fingerprint density at radius 1 is 1.23 bits per heavy atom. The van der Waals surface area contributed by atoms with Crippen LogP contribution >= 0.6 is 0 Å². The van der Waals surface area contributed by atoms with Gasteiger partial charge in [-0.1, -0.05) is 6.92 Å². The lowest BCUT2D eigenvalue weighted by molar-refractivity contribution is -0.135. The van der Waals surface area contributed by atoms with Crippen LogP contribution in [0.4, 0.5) is 0 Å². The van der Waals surface area contributed by atoms with Crippen LogP contribution in [0.5, 0.6) is 0 Å². The highest BCUT2D eigenvalue weighted by atomic mass is 16.5. The summed E-state index contributed by atoms with van der Waals surface area (Å²) in [4.78, 5) is 32.3. The van der Waals surface area contributed by atoms with Gasteiger partial charge in [-0.05, 0) is 12.5 Å². The second kappa shape index (κ2) is 6.11. The summed E-state index contributed by atoms with van der Waals surface area (Å²) in [6.45, 7) is 1.80. The maximum atomic E-state index is 10.9. The van der Waals surface area contributed by atoms with Crippen LogP contribution in [0.25, 0.3) is 0 Å². The second-order valence-corrected chi connectivity index (χ2v) is 2.39. The molecular formula is C9H12O4. The zero-order chi connectivity index (χ0) is 10.3. The van der Waals surface area contributed by atoms with Crippen molar-refractivity contribution in [3.63, 3.8) is 0 Å². The average molecular weight is 184 g/mol. The number of ketones is 2. The maximum Gasteiger partial charge on any atom is 0.330 e. The number of ether oxygens (including phenoxy) is 1. The first-order valence-corrected chi connectivity index (χ1v) is 3.95. The highest BCUT2D eigenvalue weighted by Crippen LogP contribution is 1.92. The molecule has 0 heterocycles. The van der Waals surface area contributed by atoms with E-state index in [0.717, 1.165) is 12.2 Å². The Bertz CT molecular complexity index is 240. The molecule has 0 saturated carbocycles. The number of carbonyl (C=O) groups is 3. The lowest BCUT2D eigenvalue weighted by Crippen LogP contribution is -2.10. The number of allylic oxidation sites excluding steroid dienone is 1. The number of carbonyl (C=O) groups excluding carboxylic acids is 3. The molecule has 0 saturated heterocycles. The van der Waals surface area contributed by atoms with Gasteiger partial charge in [-0.3, -0.25) is 9.59 Å². The van der Waals surface area contributed by atoms with Gasteiger partial charge in [0.2, 0.25) is 11.6 Å². The summed E-state index contributed by atoms with van der Waals surface area (Å²) in [5, 5.41) is 0. The van der Waals surface area contributed by atoms with Gasteiger partial charge in [-0.2, -0.15) is 0 Å². The SMILES string of the molecule is CCCC(=O)C(=O)/C=C/C(=O)OC. The first-order chi connectivity index (χ1) is 6.11. The molecule has 0 radical (unpaired) electrons. The molecular weight excluding hydrogens is 172 g/mol. The zero-order valence-electron chi connectivity index (χ0n) is 7.70. The first-order valence-electron chi connectivity index (χ1n) is 3.95. The van der Waals surface area contributed by atoms with Crippen molar-refractivity contribution < 1.29 is 19.1 Å². The third-order valence-corrected chi connectivity index (χ3v) is 1.32. The topological polar surface area (TPSA) is 60.4 Å². The smallest absolute Gasteiger partial charge is 0.330 e. The minimum absolute atomic E-state index is 0.213. The summed E-state index contributed by atoms with van der Waals surface area (Å²) in [6.07, 6.45) is 2.71. The lowest BCUT2D eigenvalue weighted by Gasteiger charge is -1.91. The highest BCUT2D eigenvalue weighted by molar-refractivity contribution is 6.41. The third-order valence-electron chi connectivity index (χ3n) is 1.32. The van der Waals surface area contributed by atoms with E-state index in [9.17, 15) is 14.4 Å². The summed E-state index contributed by atoms with van der Waals surface area (Å²) in [5.41, 5.74) is 0. The molecule has 4 heteroatoms. The quantitative estimate of drug-likeness (QED) is 0.357. The predicted octanol–water partition coefficient (Wildman–Crippen LogP) is 0.654. The van der Waals surface area contributed by atoms with E-state index in [1.54, 1.807) is 6.92 Å². The van der Waals surface area contributed by atoms with Crippen molar-refractivity contribution in [3.8, 4) is 0 Å². The number of methoxy groups -OCH3 is 1. The molecule has 0 aliphatic rings. The Kier molecular flexibility index (Phi) is 5.43. The van der Waals surface area contributed by atoms with Crippen molar-refractivity contribution in [2.75, 3.05) is 7.11 Å². The fourth-order valence-electron chi connectivity index (χ4n) is 0.655. The van der Waals surface area contributed by atoms with Crippen molar-refractivity contribution in [3.05, 3.63) is 12.2 Å². The van der Waals surface area contributed by atoms with E-state index in [4.69, 9.17) is 0 Å². The molecule has 72 valence electrons. The van der Waals surface area contributed by atoms with Crippen LogP contribution in [-0.2, 0) is 19.1 Å². The predicted molar refractivity (Wildman–Crippen MR) is 46.1 cm³/mol. The van der Waals surface area contributed by atoms with Crippen LogP contribution in [-0.4, -0.2) is 24.6 Å². The minimum atomic E-state index is -0.660. The maximum absolute atomic E-state index is 10.9. The van der Waals surface area contributed by atoms with Crippen molar-refractivity contribution in [1.29, 1.82) is 0 Å². The highest BCUT2D eigenvalue weighted by Gasteiger charge is 2.08. The van der Waals surface area contributed by atoms with E-state index >= 15 is 0 Å². The van der Waals surface area contributed by atoms with Crippen LogP contribution in [0.15, 0.2) is 12.2 Å². The van der Waals surface area contributed by atoms with Crippen molar-refractivity contribution in [2.24, 2.45) is 0 Å². The van der Waals surface area contributed by atoms with Gasteiger partial charge >= 0.3 is 5.97 Å². The molecule has 0 aromatic rings. The van der Waals surface area contributed by atoms with Crippen molar-refractivity contribution in [1.82, 2.24) is 0 Å². The summed E-state index contributed by atoms with van der Waals surface area (Å²) < 4.78 is 4.25. The molecule has 0 bridgehead atoms. The molecule has 0 aromatic heterocycles. The molecule has 0 spiro atoms. The fraction of sp³-hybridized carbons (Fsp3) is 0.444. The molecule has 0 amide bonds. The number of hydrogen-bond acceptors (Lipinski definition) is 4. The summed E-state index contributed by atoms with van der Waals surface area (Å²) in [5.74, 6) is -1.78. The number of rotatable bonds is 5. The molecule has 0 atom stereocenters. The van der Waals surface area contributed by atoms with Crippen LogP contribution in [0, 0.1) is 0 Å². The van der Waals surface area contributed by atoms with E-state index < -0.39 is 17.5 Å². The van der Waals surface area contributed by atoms with Gasteiger partial charge in [0.25, 0.3) is 0 Å². The number of esters is 1. The normalized spacial score (nSPS) is 10.0. The van der Waals surface area contributed by atoms with Gasteiger partial charge in [0.15, 0.2) is 0 Å². The number of hydrogen-bond donors (Lipinski definition) is 0. The second-order valence-electron chi connectivity index (χ2n) is 2.39. The molecule has 0 aromatic carbocycles. The Morgan fingerprint density at radius 2 is 1.85 bits per heavy atom. The van der Waals surface area contributed by atoms with Crippen LogP contribution in [0.1, 0.15) is 19.8 Å². The fourth-order valence-corrected chi connectivity index (χ4v) is 0.655. The first kappa shape index (κ1) is 11.6. The van der Waals surface area contributed by atoms with Gasteiger partial charge in [-0.15, -0.1) is 0 Å². The Morgan fingerprint density at radius 3 is 2.31 bits per heavy atom. The van der Waals surface area contributed by atoms with Gasteiger partial charge in [0.05, 0.1) is 7.11 Å². The lowest BCUT2D eigenvalue weighted by atomic mass is 10.1. The summed E-state index contributed by atoms with van der Waals surface area (Å²) in [6, 6.07) is 0. The van der Waals surface area contributed by atoms with Gasteiger partial charge < -0.3 is 4.74 Å². The van der Waals surface area contributed by atoms with E-state index in [1.165, 1.54) is 7.11 Å². The largest absolute Gasteiger partial charge is 0.466 e. The van der Waals surface area contributed by atoms with Crippen molar-refractivity contribution in [2.45, 2.75) is 19.8 Å². The molecule has 0 fully saturated rings.